The van der Waals surface area contributed by atoms with Crippen LogP contribution < -0.4 is 0 Å². The second-order valence-corrected chi connectivity index (χ2v) is 4.88. The Morgan fingerprint density at radius 3 is 2.37 bits per heavy atom. The lowest BCUT2D eigenvalue weighted by Gasteiger charge is -2.38. The fourth-order valence-electron chi connectivity index (χ4n) is 1.67. The SMILES string of the molecule is C=C(C)C(=O)OCC(C)C(CN1CCC1)(OF)OF. The van der Waals surface area contributed by atoms with Crippen LogP contribution in [0.1, 0.15) is 20.3 Å². The Morgan fingerprint density at radius 2 is 2.00 bits per heavy atom. The van der Waals surface area contributed by atoms with Crippen molar-refractivity contribution in [3.63, 3.8) is 0 Å². The highest BCUT2D eigenvalue weighted by atomic mass is 19.3. The molecule has 0 radical (unpaired) electrons. The summed E-state index contributed by atoms with van der Waals surface area (Å²) in [5, 5.41) is 0. The molecule has 1 atom stereocenters. The fraction of sp³-hybridized carbons (Fsp3) is 0.750. The predicted molar refractivity (Wildman–Crippen MR) is 63.1 cm³/mol. The zero-order valence-corrected chi connectivity index (χ0v) is 11.2. The van der Waals surface area contributed by atoms with E-state index < -0.39 is 17.7 Å². The molecule has 0 aromatic heterocycles. The molecule has 5 nitrogen and oxygen atoms in total. The molecule has 1 unspecified atom stereocenters. The maximum absolute atomic E-state index is 12.7. The van der Waals surface area contributed by atoms with E-state index in [1.807, 2.05) is 0 Å². The molecule has 0 N–H and O–H groups in total. The number of halogens is 2. The number of nitrogens with zero attached hydrogens (tertiary/aromatic N) is 1. The van der Waals surface area contributed by atoms with E-state index in [1.54, 1.807) is 4.90 Å². The lowest BCUT2D eigenvalue weighted by Crippen LogP contribution is -2.54. The molecular formula is C12H19F2NO4. The average Bonchev–Trinajstić information content (AvgIpc) is 2.35. The molecule has 0 amide bonds. The zero-order valence-electron chi connectivity index (χ0n) is 11.2. The molecule has 7 heteroatoms. The molecule has 0 bridgehead atoms. The summed E-state index contributed by atoms with van der Waals surface area (Å²) in [6, 6.07) is 0. The van der Waals surface area contributed by atoms with Crippen molar-refractivity contribution >= 4 is 5.97 Å². The normalized spacial score (nSPS) is 17.7. The highest BCUT2D eigenvalue weighted by Gasteiger charge is 2.45. The summed E-state index contributed by atoms with van der Waals surface area (Å²) in [6.45, 7) is 7.54. The van der Waals surface area contributed by atoms with Gasteiger partial charge in [-0.15, -0.1) is 0 Å². The van der Waals surface area contributed by atoms with E-state index >= 15 is 0 Å². The lowest BCUT2D eigenvalue weighted by atomic mass is 9.99. The molecule has 19 heavy (non-hydrogen) atoms. The third-order valence-electron chi connectivity index (χ3n) is 3.22. The summed E-state index contributed by atoms with van der Waals surface area (Å²) in [4.78, 5) is 20.4. The van der Waals surface area contributed by atoms with Crippen LogP contribution in [0.5, 0.6) is 0 Å². The van der Waals surface area contributed by atoms with Gasteiger partial charge in [0.25, 0.3) is 5.79 Å². The van der Waals surface area contributed by atoms with Gasteiger partial charge in [0.1, 0.15) is 0 Å². The second kappa shape index (κ2) is 6.93. The number of ether oxygens (including phenoxy) is 1. The van der Waals surface area contributed by atoms with Gasteiger partial charge in [0, 0.05) is 5.57 Å². The monoisotopic (exact) mass is 279 g/mol. The van der Waals surface area contributed by atoms with Gasteiger partial charge < -0.3 is 4.74 Å². The van der Waals surface area contributed by atoms with Gasteiger partial charge in [-0.1, -0.05) is 13.5 Å². The molecule has 0 aromatic rings. The number of rotatable bonds is 8. The molecule has 1 fully saturated rings. The summed E-state index contributed by atoms with van der Waals surface area (Å²) in [6.07, 6.45) is 0.966. The molecule has 1 aliphatic heterocycles. The van der Waals surface area contributed by atoms with Gasteiger partial charge in [0.05, 0.1) is 19.1 Å². The van der Waals surface area contributed by atoms with Crippen LogP contribution in [0.15, 0.2) is 12.2 Å². The molecule has 0 aromatic carbocycles. The van der Waals surface area contributed by atoms with Crippen molar-refractivity contribution in [2.45, 2.75) is 26.1 Å². The minimum absolute atomic E-state index is 0.0637. The van der Waals surface area contributed by atoms with E-state index in [1.165, 1.54) is 13.8 Å². The van der Waals surface area contributed by atoms with E-state index in [2.05, 4.69) is 16.5 Å². The number of hydrogen-bond donors (Lipinski definition) is 0. The first kappa shape index (κ1) is 16.0. The van der Waals surface area contributed by atoms with Crippen molar-refractivity contribution in [2.24, 2.45) is 5.92 Å². The summed E-state index contributed by atoms with van der Waals surface area (Å²) < 4.78 is 30.3. The van der Waals surface area contributed by atoms with Crippen LogP contribution in [0.25, 0.3) is 0 Å². The maximum atomic E-state index is 12.7. The Morgan fingerprint density at radius 1 is 1.42 bits per heavy atom. The van der Waals surface area contributed by atoms with Crippen molar-refractivity contribution in [1.29, 1.82) is 0 Å². The first-order valence-corrected chi connectivity index (χ1v) is 6.09. The van der Waals surface area contributed by atoms with E-state index in [0.717, 1.165) is 19.5 Å². The first-order chi connectivity index (χ1) is 8.95. The Hall–Kier alpha value is -1.05. The van der Waals surface area contributed by atoms with Crippen molar-refractivity contribution in [3.8, 4) is 0 Å². The minimum atomic E-state index is -2.07. The van der Waals surface area contributed by atoms with Gasteiger partial charge in [-0.2, -0.15) is 9.88 Å². The quantitative estimate of drug-likeness (QED) is 0.386. The highest BCUT2D eigenvalue weighted by molar-refractivity contribution is 5.86. The number of carbonyl (C=O) groups excluding carboxylic acids is 1. The molecule has 1 saturated heterocycles. The summed E-state index contributed by atoms with van der Waals surface area (Å²) in [5.74, 6) is -3.51. The topological polar surface area (TPSA) is 48.0 Å². The number of hydrogen-bond acceptors (Lipinski definition) is 5. The molecule has 1 rings (SSSR count). The molecule has 1 heterocycles. The molecule has 110 valence electrons. The van der Waals surface area contributed by atoms with Gasteiger partial charge in [-0.25, -0.2) is 4.79 Å². The van der Waals surface area contributed by atoms with Crippen LogP contribution in [0, 0.1) is 5.92 Å². The van der Waals surface area contributed by atoms with Gasteiger partial charge in [-0.3, -0.25) is 4.90 Å². The van der Waals surface area contributed by atoms with Gasteiger partial charge in [0.2, 0.25) is 0 Å². The van der Waals surface area contributed by atoms with E-state index in [9.17, 15) is 13.8 Å². The average molecular weight is 279 g/mol. The Labute approximate surface area is 110 Å². The summed E-state index contributed by atoms with van der Waals surface area (Å²) in [5.41, 5.74) is 0.211. The van der Waals surface area contributed by atoms with Crippen molar-refractivity contribution < 1.29 is 28.5 Å². The Balaban J connectivity index is 2.57. The molecule has 0 spiro atoms. The predicted octanol–water partition coefficient (Wildman–Crippen LogP) is 1.95. The Bertz CT molecular complexity index is 330. The van der Waals surface area contributed by atoms with E-state index in [-0.39, 0.29) is 18.7 Å². The van der Waals surface area contributed by atoms with Crippen LogP contribution in [-0.4, -0.2) is 42.9 Å². The number of likely N-dealkylation sites (tertiary alicyclic amines) is 1. The minimum Gasteiger partial charge on any atom is -0.462 e. The largest absolute Gasteiger partial charge is 0.462 e. The molecular weight excluding hydrogens is 260 g/mol. The summed E-state index contributed by atoms with van der Waals surface area (Å²) >= 11 is 0. The van der Waals surface area contributed by atoms with Crippen molar-refractivity contribution in [3.05, 3.63) is 12.2 Å². The third-order valence-corrected chi connectivity index (χ3v) is 3.22. The van der Waals surface area contributed by atoms with Crippen molar-refractivity contribution in [2.75, 3.05) is 26.2 Å². The van der Waals surface area contributed by atoms with Crippen LogP contribution in [-0.2, 0) is 19.4 Å². The van der Waals surface area contributed by atoms with E-state index in [0.29, 0.717) is 0 Å². The first-order valence-electron chi connectivity index (χ1n) is 6.09. The number of esters is 1. The van der Waals surface area contributed by atoms with Gasteiger partial charge >= 0.3 is 5.97 Å². The Kier molecular flexibility index (Phi) is 5.84. The van der Waals surface area contributed by atoms with Crippen LogP contribution in [0.2, 0.25) is 0 Å². The third kappa shape index (κ3) is 3.95. The van der Waals surface area contributed by atoms with Crippen LogP contribution in [0.3, 0.4) is 0 Å². The lowest BCUT2D eigenvalue weighted by molar-refractivity contribution is -0.434. The maximum Gasteiger partial charge on any atom is 0.333 e. The fourth-order valence-corrected chi connectivity index (χ4v) is 1.67. The second-order valence-electron chi connectivity index (χ2n) is 4.88. The van der Waals surface area contributed by atoms with Crippen molar-refractivity contribution in [1.82, 2.24) is 4.90 Å². The molecule has 0 aliphatic carbocycles. The standard InChI is InChI=1S/C12H19F2NO4/c1-9(2)11(16)17-7-10(3)12(18-13,19-14)8-15-5-4-6-15/h10H,1,4-8H2,2-3H3. The molecule has 1 aliphatic rings. The summed E-state index contributed by atoms with van der Waals surface area (Å²) in [7, 11) is 0. The molecule has 0 saturated carbocycles. The zero-order chi connectivity index (χ0) is 14.5. The van der Waals surface area contributed by atoms with Crippen LogP contribution >= 0.6 is 0 Å². The number of carbonyl (C=O) groups is 1. The highest BCUT2D eigenvalue weighted by Crippen LogP contribution is 2.28. The smallest absolute Gasteiger partial charge is 0.333 e. The van der Waals surface area contributed by atoms with Gasteiger partial charge in [0.15, 0.2) is 0 Å². The van der Waals surface area contributed by atoms with E-state index in [4.69, 9.17) is 4.74 Å². The van der Waals surface area contributed by atoms with Gasteiger partial charge in [-0.05, 0) is 35.5 Å². The van der Waals surface area contributed by atoms with Crippen LogP contribution in [0.4, 0.5) is 9.05 Å².